The maximum atomic E-state index is 11.7. The zero-order valence-electron chi connectivity index (χ0n) is 11.8. The first kappa shape index (κ1) is 16.6. The number of rotatable bonds is 8. The van der Waals surface area contributed by atoms with Crippen LogP contribution in [0, 0.1) is 6.92 Å². The van der Waals surface area contributed by atoms with Crippen molar-refractivity contribution in [1.29, 1.82) is 0 Å². The summed E-state index contributed by atoms with van der Waals surface area (Å²) in [6.45, 7) is 1.65. The van der Waals surface area contributed by atoms with Crippen molar-refractivity contribution in [3.63, 3.8) is 0 Å². The Bertz CT molecular complexity index is 513. The number of carboxylic acid groups (broad SMARTS) is 1. The third-order valence-corrected chi connectivity index (χ3v) is 2.63. The van der Waals surface area contributed by atoms with E-state index in [0.29, 0.717) is 11.7 Å². The van der Waals surface area contributed by atoms with Crippen molar-refractivity contribution in [2.75, 3.05) is 7.11 Å². The van der Waals surface area contributed by atoms with Crippen LogP contribution in [0.4, 0.5) is 0 Å². The number of carbonyl (C=O) groups is 3. The Morgan fingerprint density at radius 3 is 2.62 bits per heavy atom. The monoisotopic (exact) mass is 299 g/mol. The highest BCUT2D eigenvalue weighted by Crippen LogP contribution is 2.03. The Morgan fingerprint density at radius 1 is 1.38 bits per heavy atom. The zero-order valence-corrected chi connectivity index (χ0v) is 11.8. The summed E-state index contributed by atoms with van der Waals surface area (Å²) < 4.78 is 9.26. The topological polar surface area (TPSA) is 132 Å². The van der Waals surface area contributed by atoms with Crippen molar-refractivity contribution >= 4 is 17.8 Å². The van der Waals surface area contributed by atoms with Gasteiger partial charge < -0.3 is 19.7 Å². The Kier molecular flexibility index (Phi) is 6.31. The molecule has 1 amide bonds. The van der Waals surface area contributed by atoms with Gasteiger partial charge in [-0.3, -0.25) is 9.59 Å². The molecule has 0 fully saturated rings. The SMILES string of the molecule is COC(=O)CC[C@H](NC(=O)CCc1nc(C)no1)C(=O)O. The van der Waals surface area contributed by atoms with Crippen molar-refractivity contribution < 1.29 is 28.8 Å². The quantitative estimate of drug-likeness (QED) is 0.632. The lowest BCUT2D eigenvalue weighted by atomic mass is 10.1. The highest BCUT2D eigenvalue weighted by Gasteiger charge is 2.21. The summed E-state index contributed by atoms with van der Waals surface area (Å²) in [5, 5.41) is 14.9. The molecule has 0 unspecified atom stereocenters. The van der Waals surface area contributed by atoms with E-state index in [2.05, 4.69) is 20.2 Å². The number of ether oxygens (including phenoxy) is 1. The number of nitrogens with one attached hydrogen (secondary N) is 1. The van der Waals surface area contributed by atoms with E-state index in [1.165, 1.54) is 7.11 Å². The van der Waals surface area contributed by atoms with Crippen LogP contribution in [0.25, 0.3) is 0 Å². The number of esters is 1. The van der Waals surface area contributed by atoms with E-state index >= 15 is 0 Å². The fraction of sp³-hybridized carbons (Fsp3) is 0.583. The number of amides is 1. The highest BCUT2D eigenvalue weighted by molar-refractivity contribution is 5.84. The molecule has 0 aliphatic rings. The molecule has 9 heteroatoms. The molecule has 1 rings (SSSR count). The molecule has 1 aromatic rings. The smallest absolute Gasteiger partial charge is 0.326 e. The van der Waals surface area contributed by atoms with Crippen LogP contribution in [0.3, 0.4) is 0 Å². The van der Waals surface area contributed by atoms with E-state index < -0.39 is 23.9 Å². The Morgan fingerprint density at radius 2 is 2.10 bits per heavy atom. The maximum absolute atomic E-state index is 11.7. The molecule has 0 aliphatic heterocycles. The number of aliphatic carboxylic acids is 1. The predicted octanol–water partition coefficient (Wildman–Crippen LogP) is -0.167. The second-order valence-corrected chi connectivity index (χ2v) is 4.31. The van der Waals surface area contributed by atoms with Gasteiger partial charge in [0.2, 0.25) is 11.8 Å². The largest absolute Gasteiger partial charge is 0.480 e. The second-order valence-electron chi connectivity index (χ2n) is 4.31. The van der Waals surface area contributed by atoms with E-state index in [9.17, 15) is 14.4 Å². The van der Waals surface area contributed by atoms with Crippen LogP contribution < -0.4 is 5.32 Å². The van der Waals surface area contributed by atoms with Crippen LogP contribution in [-0.4, -0.2) is 46.2 Å². The van der Waals surface area contributed by atoms with Gasteiger partial charge in [-0.05, 0) is 13.3 Å². The Hall–Kier alpha value is -2.45. The van der Waals surface area contributed by atoms with Gasteiger partial charge in [-0.2, -0.15) is 4.98 Å². The summed E-state index contributed by atoms with van der Waals surface area (Å²) in [5.74, 6) is -1.43. The van der Waals surface area contributed by atoms with Crippen molar-refractivity contribution in [1.82, 2.24) is 15.5 Å². The molecular weight excluding hydrogens is 282 g/mol. The van der Waals surface area contributed by atoms with Gasteiger partial charge in [0.1, 0.15) is 6.04 Å². The van der Waals surface area contributed by atoms with Gasteiger partial charge in [0, 0.05) is 19.3 Å². The molecule has 0 radical (unpaired) electrons. The van der Waals surface area contributed by atoms with Gasteiger partial charge in [0.15, 0.2) is 5.82 Å². The lowest BCUT2D eigenvalue weighted by Crippen LogP contribution is -2.41. The lowest BCUT2D eigenvalue weighted by molar-refractivity contribution is -0.144. The molecule has 21 heavy (non-hydrogen) atoms. The molecule has 0 aromatic carbocycles. The summed E-state index contributed by atoms with van der Waals surface area (Å²) in [5.41, 5.74) is 0. The van der Waals surface area contributed by atoms with Crippen LogP contribution in [0.2, 0.25) is 0 Å². The first-order valence-corrected chi connectivity index (χ1v) is 6.30. The molecule has 0 bridgehead atoms. The second kappa shape index (κ2) is 7.98. The molecule has 0 saturated heterocycles. The molecule has 0 saturated carbocycles. The fourth-order valence-corrected chi connectivity index (χ4v) is 1.55. The minimum absolute atomic E-state index is 0.0175. The molecule has 116 valence electrons. The predicted molar refractivity (Wildman–Crippen MR) is 68.2 cm³/mol. The van der Waals surface area contributed by atoms with Gasteiger partial charge >= 0.3 is 11.9 Å². The number of carboxylic acids is 1. The van der Waals surface area contributed by atoms with Gasteiger partial charge in [-0.25, -0.2) is 4.79 Å². The third-order valence-electron chi connectivity index (χ3n) is 2.63. The summed E-state index contributed by atoms with van der Waals surface area (Å²) in [7, 11) is 1.21. The highest BCUT2D eigenvalue weighted by atomic mass is 16.5. The minimum atomic E-state index is -1.21. The Balaban J connectivity index is 2.41. The van der Waals surface area contributed by atoms with E-state index in [4.69, 9.17) is 9.63 Å². The van der Waals surface area contributed by atoms with Crippen LogP contribution in [0.15, 0.2) is 4.52 Å². The van der Waals surface area contributed by atoms with Gasteiger partial charge in [0.05, 0.1) is 7.11 Å². The lowest BCUT2D eigenvalue weighted by Gasteiger charge is -2.13. The van der Waals surface area contributed by atoms with E-state index in [-0.39, 0.29) is 25.7 Å². The van der Waals surface area contributed by atoms with Gasteiger partial charge in [-0.15, -0.1) is 0 Å². The summed E-state index contributed by atoms with van der Waals surface area (Å²) in [6, 6.07) is -1.14. The number of methoxy groups -OCH3 is 1. The average Bonchev–Trinajstić information content (AvgIpc) is 2.86. The summed E-state index contributed by atoms with van der Waals surface area (Å²) >= 11 is 0. The number of nitrogens with zero attached hydrogens (tertiary/aromatic N) is 2. The number of carbonyl (C=O) groups excluding carboxylic acids is 2. The fourth-order valence-electron chi connectivity index (χ4n) is 1.55. The van der Waals surface area contributed by atoms with Gasteiger partial charge in [0.25, 0.3) is 0 Å². The molecule has 9 nitrogen and oxygen atoms in total. The number of hydrogen-bond donors (Lipinski definition) is 2. The third kappa shape index (κ3) is 6.02. The minimum Gasteiger partial charge on any atom is -0.480 e. The van der Waals surface area contributed by atoms with Crippen LogP contribution in [-0.2, 0) is 25.5 Å². The molecule has 1 heterocycles. The normalized spacial score (nSPS) is 11.7. The maximum Gasteiger partial charge on any atom is 0.326 e. The molecule has 2 N–H and O–H groups in total. The summed E-state index contributed by atoms with van der Waals surface area (Å²) in [4.78, 5) is 37.6. The van der Waals surface area contributed by atoms with Crippen molar-refractivity contribution in [2.24, 2.45) is 0 Å². The average molecular weight is 299 g/mol. The number of aromatic nitrogens is 2. The molecular formula is C12H17N3O6. The number of aryl methyl sites for hydroxylation is 2. The molecule has 0 spiro atoms. The zero-order chi connectivity index (χ0) is 15.8. The first-order chi connectivity index (χ1) is 9.92. The van der Waals surface area contributed by atoms with Crippen molar-refractivity contribution in [3.8, 4) is 0 Å². The van der Waals surface area contributed by atoms with Crippen LogP contribution in [0.5, 0.6) is 0 Å². The van der Waals surface area contributed by atoms with Crippen molar-refractivity contribution in [3.05, 3.63) is 11.7 Å². The van der Waals surface area contributed by atoms with Crippen LogP contribution >= 0.6 is 0 Å². The molecule has 0 aliphatic carbocycles. The van der Waals surface area contributed by atoms with Crippen molar-refractivity contribution in [2.45, 2.75) is 38.6 Å². The van der Waals surface area contributed by atoms with Crippen LogP contribution in [0.1, 0.15) is 31.0 Å². The molecule has 1 aromatic heterocycles. The molecule has 1 atom stereocenters. The van der Waals surface area contributed by atoms with Gasteiger partial charge in [-0.1, -0.05) is 5.16 Å². The standard InChI is InChI=1S/C12H17N3O6/c1-7-13-10(21-15-7)5-4-9(16)14-8(12(18)19)3-6-11(17)20-2/h8H,3-6H2,1-2H3,(H,14,16)(H,18,19)/t8-/m0/s1. The van der Waals surface area contributed by atoms with E-state index in [0.717, 1.165) is 0 Å². The summed E-state index contributed by atoms with van der Waals surface area (Å²) in [6.07, 6.45) is 0.115. The van der Waals surface area contributed by atoms with E-state index in [1.54, 1.807) is 6.92 Å². The Labute approximate surface area is 120 Å². The van der Waals surface area contributed by atoms with E-state index in [1.807, 2.05) is 0 Å². The first-order valence-electron chi connectivity index (χ1n) is 6.30. The number of hydrogen-bond acceptors (Lipinski definition) is 7.